The number of aryl methyl sites for hydroxylation is 2. The first-order valence-electron chi connectivity index (χ1n) is 6.87. The highest BCUT2D eigenvalue weighted by atomic mass is 32.2. The van der Waals surface area contributed by atoms with Crippen LogP contribution in [0.1, 0.15) is 38.3 Å². The summed E-state index contributed by atoms with van der Waals surface area (Å²) in [5, 5.41) is 3.22. The van der Waals surface area contributed by atoms with Gasteiger partial charge in [-0.1, -0.05) is 6.07 Å². The van der Waals surface area contributed by atoms with Crippen molar-refractivity contribution in [2.75, 3.05) is 12.3 Å². The molecule has 4 heteroatoms. The zero-order valence-electron chi connectivity index (χ0n) is 12.0. The normalized spacial score (nSPS) is 15.5. The number of nitrogens with one attached hydrogen (secondary N) is 1. The molecule has 0 bridgehead atoms. The van der Waals surface area contributed by atoms with E-state index in [0.717, 1.165) is 19.3 Å². The van der Waals surface area contributed by atoms with E-state index in [0.29, 0.717) is 11.4 Å². The lowest BCUT2D eigenvalue weighted by Crippen LogP contribution is -2.38. The van der Waals surface area contributed by atoms with Crippen LogP contribution < -0.4 is 5.32 Å². The van der Waals surface area contributed by atoms with Gasteiger partial charge in [-0.3, -0.25) is 0 Å². The first-order chi connectivity index (χ1) is 8.78. The van der Waals surface area contributed by atoms with Gasteiger partial charge in [-0.2, -0.15) is 0 Å². The fourth-order valence-corrected chi connectivity index (χ4v) is 3.62. The van der Waals surface area contributed by atoms with Gasteiger partial charge < -0.3 is 5.32 Å². The van der Waals surface area contributed by atoms with Crippen LogP contribution in [-0.4, -0.2) is 26.3 Å². The van der Waals surface area contributed by atoms with E-state index in [2.05, 4.69) is 5.32 Å². The summed E-state index contributed by atoms with van der Waals surface area (Å²) in [5.41, 5.74) is 2.48. The molecule has 3 nitrogen and oxygen atoms in total. The number of sulfone groups is 1. The summed E-state index contributed by atoms with van der Waals surface area (Å²) in [6.45, 7) is 6.60. The molecule has 0 spiro atoms. The van der Waals surface area contributed by atoms with Crippen LogP contribution >= 0.6 is 0 Å². The summed E-state index contributed by atoms with van der Waals surface area (Å²) in [5.74, 6) is 0.156. The quantitative estimate of drug-likeness (QED) is 0.921. The third kappa shape index (κ3) is 3.80. The number of fused-ring (bicyclic) bond motifs is 1. The predicted molar refractivity (Wildman–Crippen MR) is 78.3 cm³/mol. The Hall–Kier alpha value is -0.870. The van der Waals surface area contributed by atoms with Gasteiger partial charge in [0.2, 0.25) is 0 Å². The SMILES string of the molecule is CC(C)(C)NCCS(=O)(=O)c1ccc2c(c1)CCC2. The van der Waals surface area contributed by atoms with Crippen LogP contribution in [0, 0.1) is 0 Å². The zero-order valence-corrected chi connectivity index (χ0v) is 12.8. The van der Waals surface area contributed by atoms with E-state index < -0.39 is 9.84 Å². The average Bonchev–Trinajstić information content (AvgIpc) is 2.73. The molecule has 1 N–H and O–H groups in total. The molecule has 0 fully saturated rings. The van der Waals surface area contributed by atoms with Crippen molar-refractivity contribution in [2.45, 2.75) is 50.5 Å². The second-order valence-electron chi connectivity index (χ2n) is 6.28. The van der Waals surface area contributed by atoms with Gasteiger partial charge in [0.15, 0.2) is 9.84 Å². The lowest BCUT2D eigenvalue weighted by molar-refractivity contribution is 0.438. The Morgan fingerprint density at radius 3 is 2.53 bits per heavy atom. The van der Waals surface area contributed by atoms with Crippen molar-refractivity contribution in [3.8, 4) is 0 Å². The van der Waals surface area contributed by atoms with Crippen molar-refractivity contribution >= 4 is 9.84 Å². The number of hydrogen-bond acceptors (Lipinski definition) is 3. The Balaban J connectivity index is 2.07. The maximum atomic E-state index is 12.3. The maximum absolute atomic E-state index is 12.3. The molecule has 19 heavy (non-hydrogen) atoms. The van der Waals surface area contributed by atoms with Crippen LogP contribution in [0.25, 0.3) is 0 Å². The van der Waals surface area contributed by atoms with E-state index in [1.807, 2.05) is 32.9 Å². The Bertz CT molecular complexity index is 556. The lowest BCUT2D eigenvalue weighted by Gasteiger charge is -2.20. The van der Waals surface area contributed by atoms with E-state index in [1.165, 1.54) is 11.1 Å². The largest absolute Gasteiger partial charge is 0.311 e. The Morgan fingerprint density at radius 2 is 1.84 bits per heavy atom. The highest BCUT2D eigenvalue weighted by Gasteiger charge is 2.19. The summed E-state index contributed by atoms with van der Waals surface area (Å²) in [4.78, 5) is 0.476. The van der Waals surface area contributed by atoms with Gasteiger partial charge in [-0.15, -0.1) is 0 Å². The molecule has 1 aliphatic carbocycles. The highest BCUT2D eigenvalue weighted by molar-refractivity contribution is 7.91. The monoisotopic (exact) mass is 281 g/mol. The van der Waals surface area contributed by atoms with Crippen molar-refractivity contribution in [2.24, 2.45) is 0 Å². The Labute approximate surface area is 116 Å². The summed E-state index contributed by atoms with van der Waals surface area (Å²) in [6.07, 6.45) is 3.24. The topological polar surface area (TPSA) is 46.2 Å². The zero-order chi connectivity index (χ0) is 14.1. The maximum Gasteiger partial charge on any atom is 0.179 e. The molecular weight excluding hydrogens is 258 g/mol. The van der Waals surface area contributed by atoms with E-state index >= 15 is 0 Å². The Morgan fingerprint density at radius 1 is 1.16 bits per heavy atom. The van der Waals surface area contributed by atoms with E-state index in [-0.39, 0.29) is 11.3 Å². The van der Waals surface area contributed by atoms with Gasteiger partial charge in [0.25, 0.3) is 0 Å². The van der Waals surface area contributed by atoms with Gasteiger partial charge in [-0.25, -0.2) is 8.42 Å². The van der Waals surface area contributed by atoms with Crippen LogP contribution in [0.5, 0.6) is 0 Å². The van der Waals surface area contributed by atoms with Gasteiger partial charge in [-0.05, 0) is 63.3 Å². The smallest absolute Gasteiger partial charge is 0.179 e. The third-order valence-electron chi connectivity index (χ3n) is 3.46. The first-order valence-corrected chi connectivity index (χ1v) is 8.53. The van der Waals surface area contributed by atoms with Crippen LogP contribution in [0.2, 0.25) is 0 Å². The van der Waals surface area contributed by atoms with E-state index in [4.69, 9.17) is 0 Å². The van der Waals surface area contributed by atoms with Gasteiger partial charge in [0, 0.05) is 12.1 Å². The fourth-order valence-electron chi connectivity index (χ4n) is 2.42. The summed E-state index contributed by atoms with van der Waals surface area (Å²) in [7, 11) is -3.17. The number of hydrogen-bond donors (Lipinski definition) is 1. The summed E-state index contributed by atoms with van der Waals surface area (Å²) in [6, 6.07) is 5.61. The molecule has 2 rings (SSSR count). The second kappa shape index (κ2) is 5.25. The molecule has 0 atom stereocenters. The minimum Gasteiger partial charge on any atom is -0.311 e. The molecule has 1 aromatic carbocycles. The second-order valence-corrected chi connectivity index (χ2v) is 8.39. The molecule has 0 heterocycles. The van der Waals surface area contributed by atoms with E-state index in [9.17, 15) is 8.42 Å². The van der Waals surface area contributed by atoms with Crippen molar-refractivity contribution in [3.05, 3.63) is 29.3 Å². The standard InChI is InChI=1S/C15H23NO2S/c1-15(2,3)16-9-10-19(17,18)14-8-7-12-5-4-6-13(12)11-14/h7-8,11,16H,4-6,9-10H2,1-3H3. The van der Waals surface area contributed by atoms with Gasteiger partial charge in [0.1, 0.15) is 0 Å². The van der Waals surface area contributed by atoms with Crippen molar-refractivity contribution in [3.63, 3.8) is 0 Å². The number of benzene rings is 1. The summed E-state index contributed by atoms with van der Waals surface area (Å²) < 4.78 is 24.6. The molecular formula is C15H23NO2S. The molecule has 0 aliphatic heterocycles. The third-order valence-corrected chi connectivity index (χ3v) is 5.17. The van der Waals surface area contributed by atoms with Crippen LogP contribution in [0.4, 0.5) is 0 Å². The highest BCUT2D eigenvalue weighted by Crippen LogP contribution is 2.25. The molecule has 106 valence electrons. The molecule has 0 saturated heterocycles. The molecule has 0 aromatic heterocycles. The molecule has 1 aromatic rings. The minimum atomic E-state index is -3.17. The lowest BCUT2D eigenvalue weighted by atomic mass is 10.1. The van der Waals surface area contributed by atoms with Crippen molar-refractivity contribution in [1.82, 2.24) is 5.32 Å². The van der Waals surface area contributed by atoms with E-state index in [1.54, 1.807) is 6.07 Å². The van der Waals surface area contributed by atoms with Crippen LogP contribution in [0.3, 0.4) is 0 Å². The van der Waals surface area contributed by atoms with Crippen LogP contribution in [-0.2, 0) is 22.7 Å². The average molecular weight is 281 g/mol. The van der Waals surface area contributed by atoms with Gasteiger partial charge >= 0.3 is 0 Å². The molecule has 0 amide bonds. The van der Waals surface area contributed by atoms with Crippen molar-refractivity contribution < 1.29 is 8.42 Å². The minimum absolute atomic E-state index is 0.0482. The Kier molecular flexibility index (Phi) is 4.02. The van der Waals surface area contributed by atoms with Gasteiger partial charge in [0.05, 0.1) is 10.6 Å². The molecule has 0 radical (unpaired) electrons. The van der Waals surface area contributed by atoms with Crippen LogP contribution in [0.15, 0.2) is 23.1 Å². The predicted octanol–water partition coefficient (Wildman–Crippen LogP) is 2.34. The molecule has 0 saturated carbocycles. The first kappa shape index (κ1) is 14.5. The van der Waals surface area contributed by atoms with Crippen molar-refractivity contribution in [1.29, 1.82) is 0 Å². The number of rotatable bonds is 4. The summed E-state index contributed by atoms with van der Waals surface area (Å²) >= 11 is 0. The fraction of sp³-hybridized carbons (Fsp3) is 0.600. The molecule has 0 unspecified atom stereocenters. The molecule has 1 aliphatic rings.